The molecule has 0 atom stereocenters. The molecule has 9 rings (SSSR count). The van der Waals surface area contributed by atoms with Gasteiger partial charge in [-0.2, -0.15) is 0 Å². The Bertz CT molecular complexity index is 2440. The number of benzene rings is 5. The Morgan fingerprint density at radius 2 is 1.07 bits per heavy atom. The van der Waals surface area contributed by atoms with Gasteiger partial charge in [-0.05, 0) is 30.3 Å². The van der Waals surface area contributed by atoms with Crippen molar-refractivity contribution >= 4 is 65.5 Å². The number of aromatic nitrogens is 6. The van der Waals surface area contributed by atoms with Gasteiger partial charge in [0, 0.05) is 51.2 Å². The topological polar surface area (TPSA) is 61.4 Å². The third-order valence-corrected chi connectivity index (χ3v) is 7.84. The van der Waals surface area contributed by atoms with E-state index in [1.54, 1.807) is 12.4 Å². The standard InChI is InChI=1S/C34H20N6/c1-2-11-22(12-3-1)39-26-16-8-5-13-23(26)28-30-31(36-19-18-35-30)29-24-14-6-9-17-27(24)40(33(29)32(28)39)34-37-20-21-10-4-7-15-25(21)38-34/h1-20H. The lowest BCUT2D eigenvalue weighted by Crippen LogP contribution is -2.03. The van der Waals surface area contributed by atoms with Crippen LogP contribution in [0.5, 0.6) is 0 Å². The Kier molecular flexibility index (Phi) is 4.24. The summed E-state index contributed by atoms with van der Waals surface area (Å²) in [5, 5.41) is 5.34. The second-order valence-electron chi connectivity index (χ2n) is 9.97. The van der Waals surface area contributed by atoms with Crippen molar-refractivity contribution in [2.24, 2.45) is 0 Å². The third kappa shape index (κ3) is 2.77. The Morgan fingerprint density at radius 1 is 0.500 bits per heavy atom. The molecule has 4 heterocycles. The second kappa shape index (κ2) is 7.94. The molecule has 4 aromatic heterocycles. The molecule has 6 nitrogen and oxygen atoms in total. The molecule has 0 saturated heterocycles. The lowest BCUT2D eigenvalue weighted by Gasteiger charge is -2.12. The second-order valence-corrected chi connectivity index (χ2v) is 9.97. The zero-order chi connectivity index (χ0) is 26.2. The number of fused-ring (bicyclic) bond motifs is 11. The van der Waals surface area contributed by atoms with Crippen molar-refractivity contribution in [3.63, 3.8) is 0 Å². The van der Waals surface area contributed by atoms with E-state index in [4.69, 9.17) is 19.9 Å². The van der Waals surface area contributed by atoms with Crippen molar-refractivity contribution in [1.29, 1.82) is 0 Å². The summed E-state index contributed by atoms with van der Waals surface area (Å²) in [6, 6.07) is 35.6. The third-order valence-electron chi connectivity index (χ3n) is 7.84. The molecule has 0 N–H and O–H groups in total. The average Bonchev–Trinajstić information content (AvgIpc) is 3.55. The van der Waals surface area contributed by atoms with E-state index in [9.17, 15) is 0 Å². The van der Waals surface area contributed by atoms with Crippen LogP contribution in [0.2, 0.25) is 0 Å². The van der Waals surface area contributed by atoms with Crippen LogP contribution in [0.25, 0.3) is 77.2 Å². The molecule has 0 aliphatic rings. The molecular weight excluding hydrogens is 492 g/mol. The van der Waals surface area contributed by atoms with Crippen LogP contribution in [0.1, 0.15) is 0 Å². The quantitative estimate of drug-likeness (QED) is 0.237. The molecule has 0 bridgehead atoms. The van der Waals surface area contributed by atoms with Crippen LogP contribution in [-0.4, -0.2) is 29.1 Å². The number of nitrogens with zero attached hydrogens (tertiary/aromatic N) is 6. The van der Waals surface area contributed by atoms with E-state index >= 15 is 0 Å². The van der Waals surface area contributed by atoms with Gasteiger partial charge >= 0.3 is 0 Å². The largest absolute Gasteiger partial charge is 0.307 e. The fourth-order valence-electron chi connectivity index (χ4n) is 6.23. The van der Waals surface area contributed by atoms with Gasteiger partial charge in [0.2, 0.25) is 5.95 Å². The highest BCUT2D eigenvalue weighted by molar-refractivity contribution is 6.34. The van der Waals surface area contributed by atoms with Crippen molar-refractivity contribution < 1.29 is 0 Å². The van der Waals surface area contributed by atoms with E-state index in [0.29, 0.717) is 5.95 Å². The van der Waals surface area contributed by atoms with Gasteiger partial charge in [0.05, 0.1) is 38.6 Å². The summed E-state index contributed by atoms with van der Waals surface area (Å²) in [6.45, 7) is 0. The van der Waals surface area contributed by atoms with Gasteiger partial charge < -0.3 is 4.57 Å². The fraction of sp³-hybridized carbons (Fsp3) is 0. The molecule has 9 aromatic rings. The van der Waals surface area contributed by atoms with Crippen LogP contribution < -0.4 is 0 Å². The minimum Gasteiger partial charge on any atom is -0.307 e. The van der Waals surface area contributed by atoms with Crippen molar-refractivity contribution in [2.45, 2.75) is 0 Å². The molecule has 5 aromatic carbocycles. The predicted molar refractivity (Wildman–Crippen MR) is 161 cm³/mol. The summed E-state index contributed by atoms with van der Waals surface area (Å²) < 4.78 is 4.55. The highest BCUT2D eigenvalue weighted by atomic mass is 15.2. The maximum atomic E-state index is 5.07. The van der Waals surface area contributed by atoms with Crippen molar-refractivity contribution in [1.82, 2.24) is 29.1 Å². The normalized spacial score (nSPS) is 12.0. The lowest BCUT2D eigenvalue weighted by atomic mass is 10.1. The first kappa shape index (κ1) is 21.3. The number of hydrogen-bond acceptors (Lipinski definition) is 4. The number of hydrogen-bond donors (Lipinski definition) is 0. The molecule has 40 heavy (non-hydrogen) atoms. The molecule has 0 spiro atoms. The Balaban J connectivity index is 1.63. The molecule has 0 saturated carbocycles. The van der Waals surface area contributed by atoms with Crippen molar-refractivity contribution in [3.05, 3.63) is 122 Å². The summed E-state index contributed by atoms with van der Waals surface area (Å²) >= 11 is 0. The summed E-state index contributed by atoms with van der Waals surface area (Å²) in [5.41, 5.74) is 7.95. The molecule has 0 unspecified atom stereocenters. The van der Waals surface area contributed by atoms with E-state index in [-0.39, 0.29) is 0 Å². The van der Waals surface area contributed by atoms with E-state index in [1.807, 2.05) is 36.5 Å². The van der Waals surface area contributed by atoms with E-state index in [0.717, 1.165) is 71.2 Å². The molecule has 186 valence electrons. The summed E-state index contributed by atoms with van der Waals surface area (Å²) in [4.78, 5) is 19.8. The molecule has 0 amide bonds. The van der Waals surface area contributed by atoms with Gasteiger partial charge in [0.25, 0.3) is 0 Å². The number of rotatable bonds is 2. The van der Waals surface area contributed by atoms with E-state index in [2.05, 4.69) is 81.9 Å². The van der Waals surface area contributed by atoms with Crippen LogP contribution >= 0.6 is 0 Å². The summed E-state index contributed by atoms with van der Waals surface area (Å²) in [7, 11) is 0. The zero-order valence-corrected chi connectivity index (χ0v) is 21.2. The first-order valence-corrected chi connectivity index (χ1v) is 13.2. The smallest absolute Gasteiger partial charge is 0.235 e. The summed E-state index contributed by atoms with van der Waals surface area (Å²) in [6.07, 6.45) is 5.47. The van der Waals surface area contributed by atoms with Gasteiger partial charge in [0.15, 0.2) is 0 Å². The monoisotopic (exact) mass is 512 g/mol. The fourth-order valence-corrected chi connectivity index (χ4v) is 6.23. The van der Waals surface area contributed by atoms with Gasteiger partial charge in [-0.25, -0.2) is 9.97 Å². The Morgan fingerprint density at radius 3 is 1.80 bits per heavy atom. The highest BCUT2D eigenvalue weighted by Crippen LogP contribution is 2.45. The number of para-hydroxylation sites is 4. The molecule has 0 aliphatic heterocycles. The van der Waals surface area contributed by atoms with E-state index < -0.39 is 0 Å². The van der Waals surface area contributed by atoms with Crippen molar-refractivity contribution in [2.75, 3.05) is 0 Å². The van der Waals surface area contributed by atoms with Crippen LogP contribution in [0.15, 0.2) is 122 Å². The van der Waals surface area contributed by atoms with Gasteiger partial charge in [-0.1, -0.05) is 72.8 Å². The zero-order valence-electron chi connectivity index (χ0n) is 21.2. The minimum absolute atomic E-state index is 0.624. The Labute approximate surface area is 227 Å². The summed E-state index contributed by atoms with van der Waals surface area (Å²) in [5.74, 6) is 0.624. The molecule has 0 aliphatic carbocycles. The maximum Gasteiger partial charge on any atom is 0.235 e. The highest BCUT2D eigenvalue weighted by Gasteiger charge is 2.26. The SMILES string of the molecule is c1ccc(-n2c3ccccc3c3c4nccnc4c4c5ccccc5n(-c5ncc6ccccc6n5)c4c32)cc1. The van der Waals surface area contributed by atoms with Gasteiger partial charge in [-0.3, -0.25) is 14.5 Å². The molecule has 0 radical (unpaired) electrons. The van der Waals surface area contributed by atoms with E-state index in [1.165, 1.54) is 0 Å². The first-order chi connectivity index (χ1) is 19.9. The van der Waals surface area contributed by atoms with Crippen LogP contribution in [-0.2, 0) is 0 Å². The first-order valence-electron chi connectivity index (χ1n) is 13.2. The minimum atomic E-state index is 0.624. The predicted octanol–water partition coefficient (Wildman–Crippen LogP) is 7.77. The molecule has 6 heteroatoms. The lowest BCUT2D eigenvalue weighted by molar-refractivity contribution is 1.01. The molecular formula is C34H20N6. The maximum absolute atomic E-state index is 5.07. The van der Waals surface area contributed by atoms with Gasteiger partial charge in [0.1, 0.15) is 0 Å². The average molecular weight is 513 g/mol. The van der Waals surface area contributed by atoms with Crippen LogP contribution in [0.3, 0.4) is 0 Å². The molecule has 0 fully saturated rings. The van der Waals surface area contributed by atoms with Crippen LogP contribution in [0, 0.1) is 0 Å². The van der Waals surface area contributed by atoms with Gasteiger partial charge in [-0.15, -0.1) is 0 Å². The van der Waals surface area contributed by atoms with Crippen molar-refractivity contribution in [3.8, 4) is 11.6 Å². The van der Waals surface area contributed by atoms with Crippen LogP contribution in [0.4, 0.5) is 0 Å². The Hall–Kier alpha value is -5.62.